The number of aromatic nitrogens is 5. The molecule has 0 saturated carbocycles. The van der Waals surface area contributed by atoms with Gasteiger partial charge in [0.15, 0.2) is 0 Å². The van der Waals surface area contributed by atoms with Gasteiger partial charge in [0.2, 0.25) is 5.95 Å². The summed E-state index contributed by atoms with van der Waals surface area (Å²) in [6.45, 7) is 10.2. The molecule has 3 N–H and O–H groups in total. The zero-order valence-corrected chi connectivity index (χ0v) is 19.7. The molecular weight excluding hydrogens is 437 g/mol. The molecule has 31 heavy (non-hydrogen) atoms. The summed E-state index contributed by atoms with van der Waals surface area (Å²) >= 11 is 0. The summed E-state index contributed by atoms with van der Waals surface area (Å²) < 4.78 is 0. The summed E-state index contributed by atoms with van der Waals surface area (Å²) in [7, 11) is 0. The lowest BCUT2D eigenvalue weighted by Crippen LogP contribution is -2.45. The average molecular weight is 466 g/mol. The molecule has 3 aromatic rings. The van der Waals surface area contributed by atoms with Crippen LogP contribution in [0.3, 0.4) is 0 Å². The minimum absolute atomic E-state index is 0. The van der Waals surface area contributed by atoms with Gasteiger partial charge in [0.25, 0.3) is 0 Å². The highest BCUT2D eigenvalue weighted by Crippen LogP contribution is 2.33. The maximum absolute atomic E-state index is 10.5. The number of aryl methyl sites for hydroxylation is 1. The number of phenolic OH excluding ortho intramolecular Hbond substituents is 1. The molecule has 1 saturated heterocycles. The van der Waals surface area contributed by atoms with E-state index < -0.39 is 0 Å². The van der Waals surface area contributed by atoms with Crippen molar-refractivity contribution in [3.63, 3.8) is 0 Å². The fraction of sp³-hybridized carbons (Fsp3) is 0.429. The summed E-state index contributed by atoms with van der Waals surface area (Å²) in [4.78, 5) is 6.64. The van der Waals surface area contributed by atoms with Crippen molar-refractivity contribution in [2.45, 2.75) is 45.7 Å². The number of nitrogens with one attached hydrogen (secondary N) is 2. The van der Waals surface area contributed by atoms with Crippen molar-refractivity contribution >= 4 is 30.8 Å². The number of aromatic amines is 1. The van der Waals surface area contributed by atoms with E-state index in [1.807, 2.05) is 25.3 Å². The van der Waals surface area contributed by atoms with Crippen LogP contribution in [0, 0.1) is 6.92 Å². The highest BCUT2D eigenvalue weighted by Gasteiger charge is 2.27. The molecule has 1 unspecified atom stereocenters. The van der Waals surface area contributed by atoms with Crippen molar-refractivity contribution in [1.82, 2.24) is 30.7 Å². The molecule has 0 radical (unpaired) electrons. The smallest absolute Gasteiger partial charge is 0.245 e. The molecule has 0 amide bonds. The number of H-pyrrole nitrogens is 1. The summed E-state index contributed by atoms with van der Waals surface area (Å²) in [5.41, 5.74) is 3.97. The Balaban J connectivity index is 0.00000171. The van der Waals surface area contributed by atoms with E-state index in [0.29, 0.717) is 23.2 Å². The summed E-state index contributed by atoms with van der Waals surface area (Å²) in [5, 5.41) is 29.7. The van der Waals surface area contributed by atoms with Gasteiger partial charge in [-0.25, -0.2) is 4.98 Å². The van der Waals surface area contributed by atoms with Crippen molar-refractivity contribution in [2.75, 3.05) is 18.0 Å². The van der Waals surface area contributed by atoms with Crippen molar-refractivity contribution in [3.05, 3.63) is 36.3 Å². The summed E-state index contributed by atoms with van der Waals surface area (Å²) in [5.74, 6) is 0.764. The van der Waals surface area contributed by atoms with E-state index in [4.69, 9.17) is 0 Å². The zero-order chi connectivity index (χ0) is 20.6. The monoisotopic (exact) mass is 465 g/mol. The maximum atomic E-state index is 10.5. The van der Waals surface area contributed by atoms with Crippen LogP contribution < -0.4 is 10.2 Å². The molecule has 3 heterocycles. The van der Waals surface area contributed by atoms with Crippen molar-refractivity contribution in [1.29, 1.82) is 0 Å². The van der Waals surface area contributed by atoms with E-state index >= 15 is 0 Å². The number of rotatable bonds is 4. The molecule has 1 atom stereocenters. The van der Waals surface area contributed by atoms with Crippen LogP contribution in [-0.4, -0.2) is 55.2 Å². The number of hydrogen-bond donors (Lipinski definition) is 3. The first-order valence-electron chi connectivity index (χ1n) is 9.87. The molecule has 1 aromatic carbocycles. The highest BCUT2D eigenvalue weighted by atomic mass is 35.5. The Bertz CT molecular complexity index is 1000. The van der Waals surface area contributed by atoms with Gasteiger partial charge in [-0.3, -0.25) is 5.10 Å². The summed E-state index contributed by atoms with van der Waals surface area (Å²) in [6, 6.07) is 5.90. The van der Waals surface area contributed by atoms with Crippen LogP contribution in [0.5, 0.6) is 5.75 Å². The second-order valence-corrected chi connectivity index (χ2v) is 8.59. The van der Waals surface area contributed by atoms with Gasteiger partial charge in [-0.05, 0) is 51.8 Å². The molecule has 0 aliphatic carbocycles. The van der Waals surface area contributed by atoms with E-state index in [1.54, 1.807) is 12.3 Å². The molecule has 2 aromatic heterocycles. The maximum Gasteiger partial charge on any atom is 0.245 e. The third-order valence-electron chi connectivity index (χ3n) is 5.07. The van der Waals surface area contributed by atoms with Crippen LogP contribution in [0.4, 0.5) is 5.95 Å². The number of phenols is 1. The highest BCUT2D eigenvalue weighted by molar-refractivity contribution is 5.85. The zero-order valence-electron chi connectivity index (χ0n) is 18.1. The van der Waals surface area contributed by atoms with Crippen LogP contribution in [-0.2, 0) is 0 Å². The van der Waals surface area contributed by atoms with Gasteiger partial charge in [-0.1, -0.05) is 6.07 Å². The number of hydrogen-bond acceptors (Lipinski definition) is 7. The predicted molar refractivity (Wildman–Crippen MR) is 127 cm³/mol. The van der Waals surface area contributed by atoms with Crippen LogP contribution in [0.25, 0.3) is 22.4 Å². The molecule has 1 aliphatic rings. The third-order valence-corrected chi connectivity index (χ3v) is 5.07. The number of nitrogens with zero attached hydrogens (tertiary/aromatic N) is 5. The number of halogens is 2. The molecule has 0 spiro atoms. The second-order valence-electron chi connectivity index (χ2n) is 8.59. The third kappa shape index (κ3) is 5.64. The molecule has 10 heteroatoms. The standard InChI is InChI=1S/C21H27N7O.2ClH/c1-13-17(10-23-25-13)14-5-6-16(19(29)9-14)18-11-22-20(27-26-18)28-8-7-15(12-28)24-21(2,3)4;;/h5-6,9-11,15,24,29H,7-8,12H2,1-4H3,(H,23,25);2*1H. The topological polar surface area (TPSA) is 103 Å². The molecular formula is C21H29Cl2N7O. The minimum atomic E-state index is 0. The van der Waals surface area contributed by atoms with E-state index in [-0.39, 0.29) is 36.1 Å². The fourth-order valence-corrected chi connectivity index (χ4v) is 3.78. The van der Waals surface area contributed by atoms with E-state index in [9.17, 15) is 5.11 Å². The first kappa shape index (κ1) is 24.8. The predicted octanol–water partition coefficient (Wildman–Crippen LogP) is 3.75. The first-order valence-corrected chi connectivity index (χ1v) is 9.87. The van der Waals surface area contributed by atoms with Crippen molar-refractivity contribution in [3.8, 4) is 28.1 Å². The van der Waals surface area contributed by atoms with Gasteiger partial charge in [0.05, 0.1) is 11.9 Å². The Morgan fingerprint density at radius 3 is 2.52 bits per heavy atom. The lowest BCUT2D eigenvalue weighted by atomic mass is 10.0. The SMILES string of the molecule is Cc1n[nH]cc1-c1ccc(-c2cnc(N3CCC(NC(C)(C)C)C3)nn2)c(O)c1.Cl.Cl. The lowest BCUT2D eigenvalue weighted by molar-refractivity contribution is 0.373. The molecule has 4 rings (SSSR count). The normalized spacial score (nSPS) is 16.0. The van der Waals surface area contributed by atoms with E-state index in [2.05, 4.69) is 56.4 Å². The van der Waals surface area contributed by atoms with E-state index in [1.165, 1.54) is 0 Å². The largest absolute Gasteiger partial charge is 0.507 e. The minimum Gasteiger partial charge on any atom is -0.507 e. The second kappa shape index (κ2) is 9.80. The molecule has 0 bridgehead atoms. The van der Waals surface area contributed by atoms with Crippen molar-refractivity contribution in [2.24, 2.45) is 0 Å². The lowest BCUT2D eigenvalue weighted by Gasteiger charge is -2.25. The molecule has 1 fully saturated rings. The van der Waals surface area contributed by atoms with Crippen LogP contribution in [0.15, 0.2) is 30.6 Å². The van der Waals surface area contributed by atoms with Gasteiger partial charge >= 0.3 is 0 Å². The van der Waals surface area contributed by atoms with E-state index in [0.717, 1.165) is 36.3 Å². The molecule has 1 aliphatic heterocycles. The molecule has 8 nitrogen and oxygen atoms in total. The molecule has 168 valence electrons. The van der Waals surface area contributed by atoms with Crippen molar-refractivity contribution < 1.29 is 5.11 Å². The Morgan fingerprint density at radius 1 is 1.16 bits per heavy atom. The first-order chi connectivity index (χ1) is 13.8. The number of benzene rings is 1. The van der Waals surface area contributed by atoms with Gasteiger partial charge in [-0.15, -0.1) is 35.0 Å². The Hall–Kier alpha value is -2.42. The van der Waals surface area contributed by atoms with Gasteiger partial charge in [0, 0.05) is 42.0 Å². The van der Waals surface area contributed by atoms with Crippen LogP contribution >= 0.6 is 24.8 Å². The summed E-state index contributed by atoms with van der Waals surface area (Å²) in [6.07, 6.45) is 4.54. The fourth-order valence-electron chi connectivity index (χ4n) is 3.78. The van der Waals surface area contributed by atoms with Gasteiger partial charge < -0.3 is 15.3 Å². The Kier molecular flexibility index (Phi) is 7.86. The average Bonchev–Trinajstić information content (AvgIpc) is 3.29. The number of aromatic hydroxyl groups is 1. The van der Waals surface area contributed by atoms with Crippen LogP contribution in [0.1, 0.15) is 32.9 Å². The Morgan fingerprint density at radius 2 is 1.94 bits per heavy atom. The van der Waals surface area contributed by atoms with Gasteiger partial charge in [0.1, 0.15) is 11.4 Å². The Labute approximate surface area is 194 Å². The van der Waals surface area contributed by atoms with Crippen LogP contribution in [0.2, 0.25) is 0 Å². The quantitative estimate of drug-likeness (QED) is 0.538. The van der Waals surface area contributed by atoms with Gasteiger partial charge in [-0.2, -0.15) is 5.10 Å². The number of anilines is 1.